The Bertz CT molecular complexity index is 2200. The normalized spacial score (nSPS) is 20.5. The van der Waals surface area contributed by atoms with Gasteiger partial charge in [0.25, 0.3) is 11.8 Å². The van der Waals surface area contributed by atoms with Crippen molar-refractivity contribution in [1.82, 2.24) is 14.7 Å². The second kappa shape index (κ2) is 20.9. The topological polar surface area (TPSA) is 99.2 Å². The van der Waals surface area contributed by atoms with E-state index in [9.17, 15) is 9.59 Å². The van der Waals surface area contributed by atoms with Crippen LogP contribution in [0.4, 0.5) is 0 Å². The molecule has 3 aliphatic rings. The maximum absolute atomic E-state index is 12.7. The minimum Gasteiger partial charge on any atom is -0.497 e. The summed E-state index contributed by atoms with van der Waals surface area (Å²) in [6, 6.07) is 28.2. The number of hydrogen-bond acceptors (Lipinski definition) is 10. The molecule has 2 atom stereocenters. The Kier molecular flexibility index (Phi) is 14.9. The number of carbonyl (C=O) groups is 2. The number of benzene rings is 4. The molecule has 4 aromatic rings. The van der Waals surface area contributed by atoms with Crippen molar-refractivity contribution in [3.05, 3.63) is 142 Å². The third kappa shape index (κ3) is 10.3. The number of imide groups is 1. The number of amides is 2. The fourth-order valence-corrected chi connectivity index (χ4v) is 8.79. The van der Waals surface area contributed by atoms with Crippen LogP contribution in [0, 0.1) is 0 Å². The van der Waals surface area contributed by atoms with Crippen LogP contribution < -0.4 is 18.9 Å². The molecule has 0 aliphatic carbocycles. The zero-order valence-electron chi connectivity index (χ0n) is 37.1. The van der Waals surface area contributed by atoms with E-state index in [1.165, 1.54) is 27.2 Å². The second-order valence-corrected chi connectivity index (χ2v) is 16.4. The molecule has 4 aromatic carbocycles. The predicted molar refractivity (Wildman–Crippen MR) is 240 cm³/mol. The quantitative estimate of drug-likeness (QED) is 0.0758. The molecule has 0 radical (unpaired) electrons. The molecule has 2 amide bonds. The summed E-state index contributed by atoms with van der Waals surface area (Å²) in [5.74, 6) is 4.49. The van der Waals surface area contributed by atoms with E-state index < -0.39 is 0 Å². The summed E-state index contributed by atoms with van der Waals surface area (Å²) < 4.78 is 36.6. The van der Waals surface area contributed by atoms with E-state index in [2.05, 4.69) is 66.4 Å². The van der Waals surface area contributed by atoms with Crippen LogP contribution in [-0.4, -0.2) is 101 Å². The van der Waals surface area contributed by atoms with Crippen LogP contribution in [0.3, 0.4) is 0 Å². The summed E-state index contributed by atoms with van der Waals surface area (Å²) in [4.78, 5) is 31.6. The van der Waals surface area contributed by atoms with Gasteiger partial charge in [0, 0.05) is 31.6 Å². The number of likely N-dealkylation sites (N-methyl/N-ethyl adjacent to an activating group) is 2. The molecule has 0 aromatic heterocycles. The van der Waals surface area contributed by atoms with E-state index in [4.69, 9.17) is 28.4 Å². The van der Waals surface area contributed by atoms with Gasteiger partial charge in [-0.1, -0.05) is 36.4 Å². The number of hydrogen-bond donors (Lipinski definition) is 0. The number of methoxy groups -OCH3 is 4. The highest BCUT2D eigenvalue weighted by Crippen LogP contribution is 2.41. The van der Waals surface area contributed by atoms with Crippen molar-refractivity contribution in [2.24, 2.45) is 0 Å². The minimum absolute atomic E-state index is 0.0814. The summed E-state index contributed by atoms with van der Waals surface area (Å²) in [6.45, 7) is 2.82. The smallest absolute Gasteiger partial charge is 0.261 e. The maximum Gasteiger partial charge on any atom is 0.261 e. The molecular weight excluding hydrogens is 783 g/mol. The van der Waals surface area contributed by atoms with E-state index in [0.29, 0.717) is 59.5 Å². The first-order chi connectivity index (χ1) is 30.2. The highest BCUT2D eigenvalue weighted by molar-refractivity contribution is 6.21. The maximum atomic E-state index is 12.7. The molecule has 7 rings (SSSR count). The number of allylic oxidation sites excluding steroid dienone is 1. The lowest BCUT2D eigenvalue weighted by Gasteiger charge is -2.35. The first kappa shape index (κ1) is 44.3. The Morgan fingerprint density at radius 1 is 0.677 bits per heavy atom. The Hall–Kier alpha value is -5.78. The van der Waals surface area contributed by atoms with Crippen LogP contribution >= 0.6 is 0 Å². The van der Waals surface area contributed by atoms with Gasteiger partial charge in [-0.3, -0.25) is 19.4 Å². The Morgan fingerprint density at radius 2 is 1.37 bits per heavy atom. The van der Waals surface area contributed by atoms with Gasteiger partial charge >= 0.3 is 0 Å². The molecule has 0 saturated carbocycles. The minimum atomic E-state index is -0.202. The van der Waals surface area contributed by atoms with Crippen molar-refractivity contribution in [3.8, 4) is 23.0 Å². The van der Waals surface area contributed by atoms with Crippen molar-refractivity contribution >= 4 is 11.8 Å². The van der Waals surface area contributed by atoms with Crippen molar-refractivity contribution in [1.29, 1.82) is 0 Å². The summed E-state index contributed by atoms with van der Waals surface area (Å²) >= 11 is 0. The highest BCUT2D eigenvalue weighted by Gasteiger charge is 2.34. The summed E-state index contributed by atoms with van der Waals surface area (Å²) in [7, 11) is 11.1. The molecule has 3 aliphatic heterocycles. The lowest BCUT2D eigenvalue weighted by Crippen LogP contribution is -2.36. The van der Waals surface area contributed by atoms with Gasteiger partial charge in [0.2, 0.25) is 0 Å². The van der Waals surface area contributed by atoms with Crippen molar-refractivity contribution in [2.75, 3.05) is 68.8 Å². The molecule has 0 spiro atoms. The Balaban J connectivity index is 1.04. The molecule has 0 saturated heterocycles. The Morgan fingerprint density at radius 3 is 2.03 bits per heavy atom. The number of ether oxygens (including phenoxy) is 6. The molecule has 328 valence electrons. The lowest BCUT2D eigenvalue weighted by atomic mass is 9.88. The number of unbranched alkanes of at least 4 members (excludes halogenated alkanes) is 2. The molecule has 11 nitrogen and oxygen atoms in total. The van der Waals surface area contributed by atoms with Gasteiger partial charge in [-0.2, -0.15) is 0 Å². The van der Waals surface area contributed by atoms with Crippen LogP contribution in [0.15, 0.2) is 108 Å². The highest BCUT2D eigenvalue weighted by atomic mass is 16.5. The van der Waals surface area contributed by atoms with Gasteiger partial charge in [0.1, 0.15) is 11.5 Å². The van der Waals surface area contributed by atoms with Crippen molar-refractivity contribution in [3.63, 3.8) is 0 Å². The van der Waals surface area contributed by atoms with Gasteiger partial charge in [0.15, 0.2) is 28.8 Å². The first-order valence-corrected chi connectivity index (χ1v) is 21.8. The molecule has 0 N–H and O–H groups in total. The lowest BCUT2D eigenvalue weighted by molar-refractivity contribution is 0.0651. The number of rotatable bonds is 17. The monoisotopic (exact) mass is 843 g/mol. The molecular formula is C51H61N3O8. The van der Waals surface area contributed by atoms with Gasteiger partial charge in [-0.25, -0.2) is 0 Å². The second-order valence-electron chi connectivity index (χ2n) is 16.4. The largest absolute Gasteiger partial charge is 0.497 e. The van der Waals surface area contributed by atoms with E-state index in [-0.39, 0.29) is 23.9 Å². The third-order valence-electron chi connectivity index (χ3n) is 12.4. The summed E-state index contributed by atoms with van der Waals surface area (Å²) in [5.41, 5.74) is 5.90. The zero-order valence-corrected chi connectivity index (χ0v) is 37.1. The van der Waals surface area contributed by atoms with Gasteiger partial charge in [0.05, 0.1) is 46.2 Å². The third-order valence-corrected chi connectivity index (χ3v) is 12.4. The van der Waals surface area contributed by atoms with Crippen molar-refractivity contribution < 1.29 is 38.0 Å². The molecule has 0 bridgehead atoms. The molecule has 3 heterocycles. The SMILES string of the molecule is COC1=C(\Oc2cc3c(cc2OC)CCN(C)C3Cc2ccc(OC)cc2)CC(Cc2ccc(OCCCCCN3C(=O)c4ccccc4C3=O)cc2)N(C)CCC/C=C\1OC. The van der Waals surface area contributed by atoms with E-state index >= 15 is 0 Å². The molecule has 2 unspecified atom stereocenters. The van der Waals surface area contributed by atoms with E-state index in [0.717, 1.165) is 76.0 Å². The number of nitrogens with zero attached hydrogens (tertiary/aromatic N) is 3. The fourth-order valence-electron chi connectivity index (χ4n) is 8.79. The van der Waals surface area contributed by atoms with Gasteiger partial charge in [-0.15, -0.1) is 0 Å². The van der Waals surface area contributed by atoms with E-state index in [1.807, 2.05) is 24.3 Å². The molecule has 62 heavy (non-hydrogen) atoms. The summed E-state index contributed by atoms with van der Waals surface area (Å²) in [6.07, 6.45) is 9.40. The fraction of sp³-hybridized carbons (Fsp3) is 0.412. The van der Waals surface area contributed by atoms with Crippen LogP contribution in [0.25, 0.3) is 0 Å². The van der Waals surface area contributed by atoms with Crippen LogP contribution in [0.2, 0.25) is 0 Å². The van der Waals surface area contributed by atoms with E-state index in [1.54, 1.807) is 52.7 Å². The molecule has 11 heteroatoms. The van der Waals surface area contributed by atoms with Gasteiger partial charge < -0.3 is 33.3 Å². The van der Waals surface area contributed by atoms with Crippen LogP contribution in [0.1, 0.15) is 87.5 Å². The van der Waals surface area contributed by atoms with Crippen LogP contribution in [-0.2, 0) is 28.7 Å². The summed E-state index contributed by atoms with van der Waals surface area (Å²) in [5, 5.41) is 0. The average molecular weight is 844 g/mol. The molecule has 0 fully saturated rings. The average Bonchev–Trinajstić information content (AvgIpc) is 3.54. The van der Waals surface area contributed by atoms with Crippen molar-refractivity contribution in [2.45, 2.75) is 69.9 Å². The van der Waals surface area contributed by atoms with Gasteiger partial charge in [-0.05, 0) is 149 Å². The Labute approximate surface area is 366 Å². The standard InChI is InChI=1S/C51H61N3O8/c1-52-26-12-10-16-45(58-4)49(60-6)48(62-47-34-43-37(32-46(47)59-5)25-28-53(2)44(43)31-36-17-21-39(57-3)22-18-36)33-38(52)30-35-19-23-40(24-20-35)61-29-13-7-11-27-54-50(55)41-14-8-9-15-42(41)51(54)56/h8-9,14-24,32,34,38,44H,7,10-13,25-31,33H2,1-6H3/b45-16+,49-48-. The number of fused-ring (bicyclic) bond motifs is 2. The predicted octanol–water partition coefficient (Wildman–Crippen LogP) is 8.81. The first-order valence-electron chi connectivity index (χ1n) is 21.8. The zero-order chi connectivity index (χ0) is 43.6. The number of carbonyl (C=O) groups excluding carboxylic acids is 2. The van der Waals surface area contributed by atoms with Crippen LogP contribution in [0.5, 0.6) is 23.0 Å².